The molecule has 148 valence electrons. The summed E-state index contributed by atoms with van der Waals surface area (Å²) in [4.78, 5) is 27.7. The molecule has 1 aliphatic rings. The van der Waals surface area contributed by atoms with Crippen LogP contribution < -0.4 is 11.1 Å². The number of thioether (sulfide) groups is 1. The van der Waals surface area contributed by atoms with Crippen LogP contribution in [0.3, 0.4) is 0 Å². The molecule has 3 N–H and O–H groups in total. The van der Waals surface area contributed by atoms with E-state index in [4.69, 9.17) is 5.73 Å². The van der Waals surface area contributed by atoms with Gasteiger partial charge in [0.2, 0.25) is 5.91 Å². The standard InChI is InChI=1S/C23H22N2O2S2/c24-21(26)19-17-13-7-8-14-18(17)29-23(19)25-22(27)20(15-9-3-1-4-10-15)28-16-11-5-2-6-12-16/h1-6,9-12,20H,7-8,13-14H2,(H2,24,26)(H,25,27)/t20-/m1/s1. The zero-order chi connectivity index (χ0) is 20.2. The molecular formula is C23H22N2O2S2. The molecule has 4 rings (SSSR count). The Balaban J connectivity index is 1.65. The van der Waals surface area contributed by atoms with Crippen LogP contribution in [0.5, 0.6) is 0 Å². The minimum Gasteiger partial charge on any atom is -0.365 e. The highest BCUT2D eigenvalue weighted by atomic mass is 32.2. The Morgan fingerprint density at radius 3 is 2.31 bits per heavy atom. The minimum absolute atomic E-state index is 0.147. The third kappa shape index (κ3) is 4.38. The first-order valence-corrected chi connectivity index (χ1v) is 11.3. The van der Waals surface area contributed by atoms with E-state index in [0.717, 1.165) is 41.7 Å². The molecule has 0 saturated carbocycles. The van der Waals surface area contributed by atoms with Crippen molar-refractivity contribution >= 4 is 39.9 Å². The number of carbonyl (C=O) groups excluding carboxylic acids is 2. The van der Waals surface area contributed by atoms with Gasteiger partial charge < -0.3 is 11.1 Å². The van der Waals surface area contributed by atoms with Crippen LogP contribution in [0, 0.1) is 0 Å². The van der Waals surface area contributed by atoms with Crippen LogP contribution in [0.1, 0.15) is 44.5 Å². The summed E-state index contributed by atoms with van der Waals surface area (Å²) < 4.78 is 0. The van der Waals surface area contributed by atoms with Crippen LogP contribution in [0.25, 0.3) is 0 Å². The Bertz CT molecular complexity index is 1020. The van der Waals surface area contributed by atoms with Crippen molar-refractivity contribution in [1.29, 1.82) is 0 Å². The Hall–Kier alpha value is -2.57. The molecule has 0 spiro atoms. The SMILES string of the molecule is NC(=O)c1c(NC(=O)[C@H](Sc2ccccc2)c2ccccc2)sc2c1CCCC2. The minimum atomic E-state index is -0.466. The van der Waals surface area contributed by atoms with E-state index in [1.54, 1.807) is 0 Å². The normalized spacial score (nSPS) is 14.1. The molecule has 0 bridgehead atoms. The largest absolute Gasteiger partial charge is 0.365 e. The van der Waals surface area contributed by atoms with Crippen molar-refractivity contribution < 1.29 is 9.59 Å². The monoisotopic (exact) mass is 422 g/mol. The Kier molecular flexibility index (Phi) is 6.02. The fourth-order valence-electron chi connectivity index (χ4n) is 3.63. The summed E-state index contributed by atoms with van der Waals surface area (Å²) in [5, 5.41) is 3.18. The summed E-state index contributed by atoms with van der Waals surface area (Å²) >= 11 is 2.99. The number of carbonyl (C=O) groups is 2. The van der Waals surface area contributed by atoms with Crippen LogP contribution >= 0.6 is 23.1 Å². The van der Waals surface area contributed by atoms with Gasteiger partial charge in [-0.25, -0.2) is 0 Å². The highest BCUT2D eigenvalue weighted by molar-refractivity contribution is 8.00. The lowest BCUT2D eigenvalue weighted by Gasteiger charge is -2.17. The number of aryl methyl sites for hydroxylation is 1. The van der Waals surface area contributed by atoms with E-state index in [2.05, 4.69) is 5.32 Å². The molecule has 1 aliphatic carbocycles. The predicted octanol–water partition coefficient (Wildman–Crippen LogP) is 5.20. The first-order chi connectivity index (χ1) is 14.1. The second-order valence-corrected chi connectivity index (χ2v) is 9.27. The van der Waals surface area contributed by atoms with Crippen LogP contribution in [0.4, 0.5) is 5.00 Å². The second-order valence-electron chi connectivity index (χ2n) is 6.99. The molecule has 1 heterocycles. The maximum absolute atomic E-state index is 13.3. The van der Waals surface area contributed by atoms with Gasteiger partial charge in [0.25, 0.3) is 5.91 Å². The van der Waals surface area contributed by atoms with Crippen LogP contribution in [-0.2, 0) is 17.6 Å². The molecule has 6 heteroatoms. The van der Waals surface area contributed by atoms with Gasteiger partial charge in [0.15, 0.2) is 0 Å². The van der Waals surface area contributed by atoms with E-state index in [-0.39, 0.29) is 5.91 Å². The van der Waals surface area contributed by atoms with E-state index in [9.17, 15) is 9.59 Å². The highest BCUT2D eigenvalue weighted by Gasteiger charge is 2.28. The molecule has 1 aromatic heterocycles. The van der Waals surface area contributed by atoms with Crippen LogP contribution in [-0.4, -0.2) is 11.8 Å². The van der Waals surface area contributed by atoms with Crippen molar-refractivity contribution in [2.45, 2.75) is 35.8 Å². The Labute approximate surface area is 178 Å². The number of primary amides is 1. The van der Waals surface area contributed by atoms with E-state index in [0.29, 0.717) is 10.6 Å². The molecule has 0 unspecified atom stereocenters. The number of benzene rings is 2. The van der Waals surface area contributed by atoms with Crippen molar-refractivity contribution in [3.05, 3.63) is 82.2 Å². The summed E-state index contributed by atoms with van der Waals surface area (Å²) in [6.07, 6.45) is 3.95. The molecule has 29 heavy (non-hydrogen) atoms. The van der Waals surface area contributed by atoms with Gasteiger partial charge in [0, 0.05) is 9.77 Å². The number of hydrogen-bond acceptors (Lipinski definition) is 4. The van der Waals surface area contributed by atoms with Gasteiger partial charge in [-0.05, 0) is 48.9 Å². The number of nitrogens with one attached hydrogen (secondary N) is 1. The summed E-state index contributed by atoms with van der Waals surface area (Å²) in [6.45, 7) is 0. The van der Waals surface area contributed by atoms with Gasteiger partial charge in [-0.1, -0.05) is 48.5 Å². The lowest BCUT2D eigenvalue weighted by molar-refractivity contribution is -0.115. The topological polar surface area (TPSA) is 72.2 Å². The maximum atomic E-state index is 13.3. The van der Waals surface area contributed by atoms with Gasteiger partial charge in [0.05, 0.1) is 5.56 Å². The molecule has 1 atom stereocenters. The lowest BCUT2D eigenvalue weighted by Crippen LogP contribution is -2.21. The van der Waals surface area contributed by atoms with Crippen molar-refractivity contribution in [2.24, 2.45) is 5.73 Å². The lowest BCUT2D eigenvalue weighted by atomic mass is 9.95. The average molecular weight is 423 g/mol. The van der Waals surface area contributed by atoms with Crippen molar-refractivity contribution in [2.75, 3.05) is 5.32 Å². The third-order valence-electron chi connectivity index (χ3n) is 4.99. The molecule has 2 amide bonds. The van der Waals surface area contributed by atoms with Crippen molar-refractivity contribution in [3.8, 4) is 0 Å². The van der Waals surface area contributed by atoms with E-state index >= 15 is 0 Å². The first-order valence-electron chi connectivity index (χ1n) is 9.65. The second kappa shape index (κ2) is 8.84. The van der Waals surface area contributed by atoms with E-state index in [1.165, 1.54) is 28.0 Å². The average Bonchev–Trinajstić information content (AvgIpc) is 3.11. The number of rotatable bonds is 6. The molecule has 0 saturated heterocycles. The van der Waals surface area contributed by atoms with Crippen LogP contribution in [0.2, 0.25) is 0 Å². The fraction of sp³-hybridized carbons (Fsp3) is 0.217. The number of anilines is 1. The number of hydrogen-bond donors (Lipinski definition) is 2. The van der Waals surface area contributed by atoms with E-state index in [1.807, 2.05) is 60.7 Å². The molecule has 3 aromatic rings. The summed E-state index contributed by atoms with van der Waals surface area (Å²) in [7, 11) is 0. The molecule has 0 radical (unpaired) electrons. The fourth-order valence-corrected chi connectivity index (χ4v) is 5.97. The summed E-state index contributed by atoms with van der Waals surface area (Å²) in [5.41, 5.74) is 8.12. The number of thiophene rings is 1. The van der Waals surface area contributed by atoms with Gasteiger partial charge in [0.1, 0.15) is 10.3 Å². The van der Waals surface area contributed by atoms with Gasteiger partial charge in [-0.2, -0.15) is 0 Å². The van der Waals surface area contributed by atoms with Gasteiger partial charge in [-0.15, -0.1) is 23.1 Å². The zero-order valence-electron chi connectivity index (χ0n) is 15.9. The van der Waals surface area contributed by atoms with E-state index < -0.39 is 11.2 Å². The molecule has 0 aliphatic heterocycles. The Morgan fingerprint density at radius 1 is 0.966 bits per heavy atom. The summed E-state index contributed by atoms with van der Waals surface area (Å²) in [5.74, 6) is -0.613. The number of amides is 2. The number of fused-ring (bicyclic) bond motifs is 1. The zero-order valence-corrected chi connectivity index (χ0v) is 17.5. The quantitative estimate of drug-likeness (QED) is 0.537. The Morgan fingerprint density at radius 2 is 1.62 bits per heavy atom. The third-order valence-corrected chi connectivity index (χ3v) is 7.47. The highest BCUT2D eigenvalue weighted by Crippen LogP contribution is 2.40. The molecule has 0 fully saturated rings. The summed E-state index contributed by atoms with van der Waals surface area (Å²) in [6, 6.07) is 19.6. The molecular weight excluding hydrogens is 400 g/mol. The number of nitrogens with two attached hydrogens (primary N) is 1. The molecule has 2 aromatic carbocycles. The molecule has 4 nitrogen and oxygen atoms in total. The maximum Gasteiger partial charge on any atom is 0.251 e. The van der Waals surface area contributed by atoms with Crippen LogP contribution in [0.15, 0.2) is 65.6 Å². The smallest absolute Gasteiger partial charge is 0.251 e. The van der Waals surface area contributed by atoms with Gasteiger partial charge >= 0.3 is 0 Å². The van der Waals surface area contributed by atoms with Gasteiger partial charge in [-0.3, -0.25) is 9.59 Å². The predicted molar refractivity (Wildman–Crippen MR) is 120 cm³/mol. The van der Waals surface area contributed by atoms with Crippen molar-refractivity contribution in [1.82, 2.24) is 0 Å². The first kappa shape index (κ1) is 19.7. The van der Waals surface area contributed by atoms with Crippen molar-refractivity contribution in [3.63, 3.8) is 0 Å².